The molecule has 0 aromatic heterocycles. The predicted octanol–water partition coefficient (Wildman–Crippen LogP) is 3.18. The highest BCUT2D eigenvalue weighted by atomic mass is 16.8. The number of hydrogen-bond acceptors (Lipinski definition) is 7. The number of rotatable bonds is 8. The number of ether oxygens (including phenoxy) is 1. The zero-order valence-electron chi connectivity index (χ0n) is 17.8. The SMILES string of the molecule is CCOC1CCC(C(=O)CN2CCCC(C(=O)C3CCCCC3)C2)CC1N([O-])O. The summed E-state index contributed by atoms with van der Waals surface area (Å²) in [6.45, 7) is 4.23. The Bertz CT molecular complexity index is 549. The maximum absolute atomic E-state index is 12.9. The molecule has 7 nitrogen and oxygen atoms in total. The summed E-state index contributed by atoms with van der Waals surface area (Å²) in [6, 6.07) is -0.681. The second kappa shape index (κ2) is 11.0. The van der Waals surface area contributed by atoms with Crippen molar-refractivity contribution in [3.05, 3.63) is 5.21 Å². The molecule has 1 heterocycles. The molecule has 0 radical (unpaired) electrons. The van der Waals surface area contributed by atoms with Crippen LogP contribution < -0.4 is 0 Å². The summed E-state index contributed by atoms with van der Waals surface area (Å²) >= 11 is 0. The normalized spacial score (nSPS) is 32.4. The Kier molecular flexibility index (Phi) is 8.62. The van der Waals surface area contributed by atoms with Crippen molar-refractivity contribution < 1.29 is 19.5 Å². The Morgan fingerprint density at radius 3 is 2.45 bits per heavy atom. The van der Waals surface area contributed by atoms with E-state index in [2.05, 4.69) is 4.90 Å². The van der Waals surface area contributed by atoms with Gasteiger partial charge in [-0.15, -0.1) is 0 Å². The zero-order valence-corrected chi connectivity index (χ0v) is 17.8. The van der Waals surface area contributed by atoms with Crippen LogP contribution in [-0.2, 0) is 14.3 Å². The van der Waals surface area contributed by atoms with Crippen molar-refractivity contribution in [2.75, 3.05) is 26.2 Å². The number of hydroxylamine groups is 2. The third-order valence-electron chi connectivity index (χ3n) is 7.17. The van der Waals surface area contributed by atoms with Gasteiger partial charge < -0.3 is 15.2 Å². The summed E-state index contributed by atoms with van der Waals surface area (Å²) in [5.74, 6) is 0.607. The highest BCUT2D eigenvalue weighted by Crippen LogP contribution is 2.32. The van der Waals surface area contributed by atoms with E-state index in [0.717, 1.165) is 32.2 Å². The molecule has 29 heavy (non-hydrogen) atoms. The van der Waals surface area contributed by atoms with Gasteiger partial charge in [0, 0.05) is 36.9 Å². The van der Waals surface area contributed by atoms with Crippen LogP contribution >= 0.6 is 0 Å². The topological polar surface area (TPSA) is 93.1 Å². The molecule has 3 fully saturated rings. The van der Waals surface area contributed by atoms with Gasteiger partial charge in [-0.25, -0.2) is 0 Å². The molecular weight excluding hydrogens is 372 g/mol. The van der Waals surface area contributed by atoms with Crippen LogP contribution in [0.2, 0.25) is 0 Å². The van der Waals surface area contributed by atoms with E-state index in [1.165, 1.54) is 19.3 Å². The lowest BCUT2D eigenvalue weighted by molar-refractivity contribution is -0.152. The van der Waals surface area contributed by atoms with Crippen LogP contribution in [0.1, 0.15) is 71.1 Å². The van der Waals surface area contributed by atoms with Gasteiger partial charge in [-0.2, -0.15) is 0 Å². The first-order chi connectivity index (χ1) is 14.0. The van der Waals surface area contributed by atoms with E-state index in [1.807, 2.05) is 6.92 Å². The second-order valence-electron chi connectivity index (χ2n) is 9.15. The van der Waals surface area contributed by atoms with Crippen LogP contribution in [0.4, 0.5) is 0 Å². The Morgan fingerprint density at radius 2 is 1.76 bits per heavy atom. The van der Waals surface area contributed by atoms with Gasteiger partial charge in [0.2, 0.25) is 0 Å². The molecule has 166 valence electrons. The van der Waals surface area contributed by atoms with Crippen molar-refractivity contribution in [1.29, 1.82) is 0 Å². The fourth-order valence-corrected chi connectivity index (χ4v) is 5.55. The van der Waals surface area contributed by atoms with Gasteiger partial charge in [0.15, 0.2) is 0 Å². The molecule has 1 saturated heterocycles. The molecule has 2 aliphatic carbocycles. The maximum atomic E-state index is 12.9. The van der Waals surface area contributed by atoms with Gasteiger partial charge in [0.25, 0.3) is 0 Å². The first-order valence-electron chi connectivity index (χ1n) is 11.5. The first-order valence-corrected chi connectivity index (χ1v) is 11.5. The van der Waals surface area contributed by atoms with Crippen LogP contribution in [0.3, 0.4) is 0 Å². The molecule has 0 bridgehead atoms. The molecule has 0 spiro atoms. The molecule has 0 aromatic carbocycles. The monoisotopic (exact) mass is 409 g/mol. The van der Waals surface area contributed by atoms with Crippen LogP contribution in [0.15, 0.2) is 0 Å². The molecule has 0 aromatic rings. The molecule has 0 amide bonds. The van der Waals surface area contributed by atoms with E-state index >= 15 is 0 Å². The summed E-state index contributed by atoms with van der Waals surface area (Å²) in [6.07, 6.45) is 8.85. The minimum Gasteiger partial charge on any atom is -0.762 e. The van der Waals surface area contributed by atoms with Crippen molar-refractivity contribution in [2.45, 2.75) is 83.3 Å². The van der Waals surface area contributed by atoms with Gasteiger partial charge in [-0.1, -0.05) is 19.3 Å². The molecule has 7 heteroatoms. The second-order valence-corrected chi connectivity index (χ2v) is 9.15. The number of likely N-dealkylation sites (tertiary alicyclic amines) is 1. The number of hydrogen-bond donors (Lipinski definition) is 1. The standard InChI is InChI=1S/C22H37N2O5/c1-2-29-21-11-10-17(13-19(21)24(27)28)20(25)15-23-12-6-9-18(14-23)22(26)16-7-4-3-5-8-16/h16-19,21,27H,2-15H2,1H3/q-1. The Hall–Kier alpha value is -0.860. The lowest BCUT2D eigenvalue weighted by Crippen LogP contribution is -2.48. The van der Waals surface area contributed by atoms with Gasteiger partial charge in [-0.3, -0.25) is 19.7 Å². The largest absolute Gasteiger partial charge is 0.762 e. The van der Waals surface area contributed by atoms with Gasteiger partial charge in [0.05, 0.1) is 12.6 Å². The minimum atomic E-state index is -0.681. The highest BCUT2D eigenvalue weighted by molar-refractivity contribution is 5.85. The Morgan fingerprint density at radius 1 is 1.03 bits per heavy atom. The third kappa shape index (κ3) is 6.07. The van der Waals surface area contributed by atoms with Crippen molar-refractivity contribution in [2.24, 2.45) is 17.8 Å². The number of carbonyl (C=O) groups excluding carboxylic acids is 2. The number of Topliss-reactive ketones (excluding diaryl/α,β-unsaturated/α-hetero) is 2. The van der Waals surface area contributed by atoms with E-state index in [1.54, 1.807) is 0 Å². The van der Waals surface area contributed by atoms with E-state index < -0.39 is 6.04 Å². The van der Waals surface area contributed by atoms with Crippen molar-refractivity contribution in [1.82, 2.24) is 10.1 Å². The third-order valence-corrected chi connectivity index (χ3v) is 7.17. The average Bonchev–Trinajstić information content (AvgIpc) is 2.74. The average molecular weight is 410 g/mol. The molecule has 3 aliphatic rings. The molecule has 1 aliphatic heterocycles. The summed E-state index contributed by atoms with van der Waals surface area (Å²) in [4.78, 5) is 27.9. The van der Waals surface area contributed by atoms with Crippen LogP contribution in [0.5, 0.6) is 0 Å². The Labute approximate surface area is 174 Å². The van der Waals surface area contributed by atoms with E-state index in [-0.39, 0.29) is 34.9 Å². The smallest absolute Gasteiger partial charge is 0.149 e. The number of ketones is 2. The summed E-state index contributed by atoms with van der Waals surface area (Å²) in [7, 11) is 0. The lowest BCUT2D eigenvalue weighted by Gasteiger charge is -2.42. The van der Waals surface area contributed by atoms with Crippen molar-refractivity contribution in [3.8, 4) is 0 Å². The van der Waals surface area contributed by atoms with Crippen LogP contribution in [-0.4, -0.2) is 65.3 Å². The van der Waals surface area contributed by atoms with E-state index in [0.29, 0.717) is 44.7 Å². The predicted molar refractivity (Wildman–Crippen MR) is 109 cm³/mol. The van der Waals surface area contributed by atoms with E-state index in [9.17, 15) is 20.0 Å². The van der Waals surface area contributed by atoms with Gasteiger partial charge in [0.1, 0.15) is 11.6 Å². The van der Waals surface area contributed by atoms with Crippen molar-refractivity contribution in [3.63, 3.8) is 0 Å². The number of carbonyl (C=O) groups is 2. The lowest BCUT2D eigenvalue weighted by atomic mass is 9.79. The fourth-order valence-electron chi connectivity index (χ4n) is 5.55. The number of piperidine rings is 1. The van der Waals surface area contributed by atoms with Gasteiger partial charge >= 0.3 is 0 Å². The fraction of sp³-hybridized carbons (Fsp3) is 0.909. The Balaban J connectivity index is 1.51. The summed E-state index contributed by atoms with van der Waals surface area (Å²) in [5, 5.41) is 21.0. The molecule has 4 unspecified atom stereocenters. The maximum Gasteiger partial charge on any atom is 0.149 e. The van der Waals surface area contributed by atoms with E-state index in [4.69, 9.17) is 4.74 Å². The number of nitrogens with zero attached hydrogens (tertiary/aromatic N) is 2. The van der Waals surface area contributed by atoms with Crippen LogP contribution in [0, 0.1) is 23.0 Å². The minimum absolute atomic E-state index is 0.0282. The molecule has 1 N–H and O–H groups in total. The summed E-state index contributed by atoms with van der Waals surface area (Å²) < 4.78 is 5.57. The molecule has 2 saturated carbocycles. The van der Waals surface area contributed by atoms with Crippen LogP contribution in [0.25, 0.3) is 0 Å². The molecular formula is C22H37N2O5-. The van der Waals surface area contributed by atoms with Crippen molar-refractivity contribution >= 4 is 11.6 Å². The first kappa shape index (κ1) is 22.8. The highest BCUT2D eigenvalue weighted by Gasteiger charge is 2.37. The quantitative estimate of drug-likeness (QED) is 0.615. The zero-order chi connectivity index (χ0) is 20.8. The summed E-state index contributed by atoms with van der Waals surface area (Å²) in [5.41, 5.74) is 0. The molecule has 3 rings (SSSR count). The van der Waals surface area contributed by atoms with Gasteiger partial charge in [-0.05, 0) is 58.4 Å². The molecule has 4 atom stereocenters.